The first-order valence-electron chi connectivity index (χ1n) is 22.8. The molecule has 0 amide bonds. The predicted octanol–water partition coefficient (Wildman–Crippen LogP) is 7.67. The van der Waals surface area contributed by atoms with E-state index < -0.39 is 16.1 Å². The molecule has 0 radical (unpaired) electrons. The molecular formula is C60H42BNS2Si2. The second kappa shape index (κ2) is 16.0. The van der Waals surface area contributed by atoms with E-state index in [1.165, 1.54) is 94.5 Å². The van der Waals surface area contributed by atoms with Crippen LogP contribution in [0.25, 0.3) is 0 Å². The molecule has 10 aromatic carbocycles. The van der Waals surface area contributed by atoms with Crippen LogP contribution in [0, 0.1) is 0 Å². The van der Waals surface area contributed by atoms with Gasteiger partial charge in [-0.2, -0.15) is 0 Å². The van der Waals surface area contributed by atoms with Crippen molar-refractivity contribution in [3.05, 3.63) is 255 Å². The summed E-state index contributed by atoms with van der Waals surface area (Å²) in [6, 6.07) is 97.3. The fourth-order valence-electron chi connectivity index (χ4n) is 11.6. The lowest BCUT2D eigenvalue weighted by atomic mass is 9.36. The molecule has 0 N–H and O–H groups in total. The average Bonchev–Trinajstić information content (AvgIpc) is 3.39. The van der Waals surface area contributed by atoms with Crippen LogP contribution in [0.4, 0.5) is 17.1 Å². The van der Waals surface area contributed by atoms with Gasteiger partial charge in [-0.15, -0.1) is 0 Å². The molecule has 0 bridgehead atoms. The Morgan fingerprint density at radius 3 is 1.38 bits per heavy atom. The quantitative estimate of drug-likeness (QED) is 0.120. The summed E-state index contributed by atoms with van der Waals surface area (Å²) >= 11 is 3.85. The Hall–Kier alpha value is -6.80. The van der Waals surface area contributed by atoms with Crippen molar-refractivity contribution in [3.8, 4) is 0 Å². The topological polar surface area (TPSA) is 3.24 Å². The molecule has 0 saturated carbocycles. The van der Waals surface area contributed by atoms with Crippen molar-refractivity contribution in [2.75, 3.05) is 4.90 Å². The first-order chi connectivity index (χ1) is 32.8. The van der Waals surface area contributed by atoms with Gasteiger partial charge in [-0.05, 0) is 94.9 Å². The Balaban J connectivity index is 1.17. The van der Waals surface area contributed by atoms with Crippen LogP contribution in [0.1, 0.15) is 0 Å². The summed E-state index contributed by atoms with van der Waals surface area (Å²) in [5.74, 6) is 0. The standard InChI is InChI=1S/C60H42BNS2Si2/c1-6-22-43(23-7-1)65(44-24-8-2-9-25-44,45-26-10-3-11-27-45)48-40-41-51-58(42-48)66(46-28-12-4-13-29-46,47-30-14-5-15-31-47)57-39-19-17-33-50(57)62(51)52-34-20-36-54-59(52)61-49-32-16-18-35-53(49)63-55-37-21-38-56(64-54)60(55)61/h1-42H. The molecule has 0 atom stereocenters. The third-order valence-electron chi connectivity index (χ3n) is 14.2. The Morgan fingerprint density at radius 1 is 0.333 bits per heavy atom. The van der Waals surface area contributed by atoms with Crippen LogP contribution < -0.4 is 62.8 Å². The van der Waals surface area contributed by atoms with E-state index in [0.29, 0.717) is 0 Å². The van der Waals surface area contributed by atoms with Crippen LogP contribution in [-0.2, 0) is 0 Å². The number of nitrogens with zero attached hydrogens (tertiary/aromatic N) is 1. The highest BCUT2D eigenvalue weighted by Gasteiger charge is 2.52. The van der Waals surface area contributed by atoms with Gasteiger partial charge in [0.2, 0.25) is 6.71 Å². The van der Waals surface area contributed by atoms with E-state index in [9.17, 15) is 0 Å². The van der Waals surface area contributed by atoms with Crippen molar-refractivity contribution < 1.29 is 0 Å². The second-order valence-corrected chi connectivity index (χ2v) is 27.2. The van der Waals surface area contributed by atoms with Gasteiger partial charge in [0, 0.05) is 36.6 Å². The zero-order chi connectivity index (χ0) is 43.7. The van der Waals surface area contributed by atoms with E-state index >= 15 is 0 Å². The summed E-state index contributed by atoms with van der Waals surface area (Å²) in [6.07, 6.45) is 0. The first-order valence-corrected chi connectivity index (χ1v) is 28.4. The minimum Gasteiger partial charge on any atom is -0.311 e. The predicted molar refractivity (Wildman–Crippen MR) is 288 cm³/mol. The molecule has 10 aromatic rings. The molecular weight excluding hydrogens is 866 g/mol. The maximum atomic E-state index is 2.70. The van der Waals surface area contributed by atoms with Crippen molar-refractivity contribution in [2.45, 2.75) is 19.6 Å². The molecule has 0 unspecified atom stereocenters. The van der Waals surface area contributed by atoms with Crippen molar-refractivity contribution >= 4 is 121 Å². The minimum atomic E-state index is -3.07. The monoisotopic (exact) mass is 907 g/mol. The molecule has 3 heterocycles. The van der Waals surface area contributed by atoms with Crippen LogP contribution in [0.15, 0.2) is 274 Å². The summed E-state index contributed by atoms with van der Waals surface area (Å²) in [5.41, 5.74) is 7.97. The van der Waals surface area contributed by atoms with Crippen LogP contribution in [0.5, 0.6) is 0 Å². The van der Waals surface area contributed by atoms with E-state index in [4.69, 9.17) is 0 Å². The van der Waals surface area contributed by atoms with Gasteiger partial charge in [0.25, 0.3) is 0 Å². The van der Waals surface area contributed by atoms with Gasteiger partial charge >= 0.3 is 0 Å². The summed E-state index contributed by atoms with van der Waals surface area (Å²) in [4.78, 5) is 8.05. The summed E-state index contributed by atoms with van der Waals surface area (Å²) < 4.78 is 0. The highest BCUT2D eigenvalue weighted by Crippen LogP contribution is 2.43. The van der Waals surface area contributed by atoms with Crippen molar-refractivity contribution in [1.82, 2.24) is 0 Å². The van der Waals surface area contributed by atoms with E-state index in [0.717, 1.165) is 0 Å². The molecule has 66 heavy (non-hydrogen) atoms. The third kappa shape index (κ3) is 5.82. The molecule has 3 aliphatic rings. The zero-order valence-corrected chi connectivity index (χ0v) is 39.7. The number of fused-ring (bicyclic) bond motifs is 6. The molecule has 1 nitrogen and oxygen atoms in total. The van der Waals surface area contributed by atoms with Crippen LogP contribution >= 0.6 is 23.5 Å². The maximum Gasteiger partial charge on any atom is 0.249 e. The summed E-state index contributed by atoms with van der Waals surface area (Å²) in [7, 11) is -6.00. The van der Waals surface area contributed by atoms with Crippen molar-refractivity contribution in [3.63, 3.8) is 0 Å². The second-order valence-electron chi connectivity index (χ2n) is 17.4. The zero-order valence-electron chi connectivity index (χ0n) is 36.1. The van der Waals surface area contributed by atoms with Crippen LogP contribution in [-0.4, -0.2) is 22.9 Å². The lowest BCUT2D eigenvalue weighted by Crippen LogP contribution is -2.79. The largest absolute Gasteiger partial charge is 0.311 e. The van der Waals surface area contributed by atoms with Gasteiger partial charge in [0.15, 0.2) is 16.1 Å². The first kappa shape index (κ1) is 39.6. The number of hydrogen-bond donors (Lipinski definition) is 0. The third-order valence-corrected chi connectivity index (χ3v) is 26.1. The number of benzene rings is 10. The van der Waals surface area contributed by atoms with Crippen molar-refractivity contribution in [1.29, 1.82) is 0 Å². The van der Waals surface area contributed by atoms with Gasteiger partial charge in [-0.1, -0.05) is 241 Å². The van der Waals surface area contributed by atoms with Gasteiger partial charge in [0.1, 0.15) is 0 Å². The van der Waals surface area contributed by atoms with E-state index in [-0.39, 0.29) is 6.71 Å². The molecule has 3 aliphatic heterocycles. The lowest BCUT2D eigenvalue weighted by Gasteiger charge is -2.47. The van der Waals surface area contributed by atoms with Gasteiger partial charge in [-0.25, -0.2) is 0 Å². The van der Waals surface area contributed by atoms with E-state index in [1.54, 1.807) is 0 Å². The summed E-state index contributed by atoms with van der Waals surface area (Å²) in [6.45, 7) is 0.0949. The van der Waals surface area contributed by atoms with Gasteiger partial charge in [-0.3, -0.25) is 0 Å². The van der Waals surface area contributed by atoms with Crippen LogP contribution in [0.3, 0.4) is 0 Å². The molecule has 0 saturated heterocycles. The smallest absolute Gasteiger partial charge is 0.249 e. The molecule has 0 aliphatic carbocycles. The fraction of sp³-hybridized carbons (Fsp3) is 0. The molecule has 6 heteroatoms. The maximum absolute atomic E-state index is 3.07. The van der Waals surface area contributed by atoms with E-state index in [2.05, 4.69) is 260 Å². The number of rotatable bonds is 7. The highest BCUT2D eigenvalue weighted by molar-refractivity contribution is 8.01. The normalized spacial score (nSPS) is 14.0. The fourth-order valence-corrected chi connectivity index (χ4v) is 24.1. The van der Waals surface area contributed by atoms with Crippen LogP contribution in [0.2, 0.25) is 0 Å². The average molecular weight is 908 g/mol. The molecule has 13 rings (SSSR count). The Kier molecular flexibility index (Phi) is 9.57. The molecule has 0 aromatic heterocycles. The highest BCUT2D eigenvalue weighted by atomic mass is 32.2. The number of anilines is 3. The summed E-state index contributed by atoms with van der Waals surface area (Å²) in [5, 5.41) is 11.1. The molecule has 0 fully saturated rings. The van der Waals surface area contributed by atoms with Crippen molar-refractivity contribution in [2.24, 2.45) is 0 Å². The Bertz CT molecular complexity index is 3290. The van der Waals surface area contributed by atoms with Gasteiger partial charge < -0.3 is 4.90 Å². The lowest BCUT2D eigenvalue weighted by molar-refractivity contribution is 1.27. The Morgan fingerprint density at radius 2 is 0.773 bits per heavy atom. The van der Waals surface area contributed by atoms with Gasteiger partial charge in [0.05, 0.1) is 0 Å². The van der Waals surface area contributed by atoms with E-state index in [1.807, 2.05) is 23.5 Å². The molecule has 310 valence electrons. The SMILES string of the molecule is c1ccc([Si](c2ccccc2)(c2ccccc2)c2ccc3c(c2)[Si](c2ccccc2)(c2ccccc2)c2ccccc2N3c2cccc3c2B2c4ccccc4Sc4cccc(c42)S3)cc1. The minimum absolute atomic E-state index is 0.0949. The Labute approximate surface area is 398 Å². The number of para-hydroxylation sites is 1. The number of hydrogen-bond acceptors (Lipinski definition) is 3. The molecule has 0 spiro atoms.